The summed E-state index contributed by atoms with van der Waals surface area (Å²) in [5.41, 5.74) is 0.318. The molecule has 6 heteroatoms. The third kappa shape index (κ3) is 3.17. The molecular formula is C12H11F2NO3. The Morgan fingerprint density at radius 3 is 2.67 bits per heavy atom. The van der Waals surface area contributed by atoms with Gasteiger partial charge in [0.05, 0.1) is 23.8 Å². The zero-order valence-electron chi connectivity index (χ0n) is 9.87. The Morgan fingerprint density at radius 2 is 2.17 bits per heavy atom. The first kappa shape index (κ1) is 13.9. The molecule has 1 rings (SSSR count). The van der Waals surface area contributed by atoms with Crippen LogP contribution >= 0.6 is 0 Å². The molecule has 0 atom stereocenters. The summed E-state index contributed by atoms with van der Waals surface area (Å²) in [6, 6.07) is 4.21. The maximum Gasteiger partial charge on any atom is 0.387 e. The number of nitriles is 1. The van der Waals surface area contributed by atoms with Crippen molar-refractivity contribution < 1.29 is 23.0 Å². The topological polar surface area (TPSA) is 59.3 Å². The average Bonchev–Trinajstić information content (AvgIpc) is 2.31. The molecule has 4 nitrogen and oxygen atoms in total. The van der Waals surface area contributed by atoms with E-state index in [1.807, 2.05) is 0 Å². The lowest BCUT2D eigenvalue weighted by atomic mass is 10.0. The monoisotopic (exact) mass is 255 g/mol. The van der Waals surface area contributed by atoms with Crippen LogP contribution in [0.3, 0.4) is 0 Å². The maximum absolute atomic E-state index is 12.2. The minimum absolute atomic E-state index is 0.0477. The number of esters is 1. The summed E-state index contributed by atoms with van der Waals surface area (Å²) >= 11 is 0. The SMILES string of the molecule is CCOC(=O)c1cc(C#N)cc(OC(F)F)c1C. The molecule has 0 fully saturated rings. The Hall–Kier alpha value is -2.16. The van der Waals surface area contributed by atoms with Crippen molar-refractivity contribution in [2.24, 2.45) is 0 Å². The Kier molecular flexibility index (Phi) is 4.60. The number of carbonyl (C=O) groups excluding carboxylic acids is 1. The van der Waals surface area contributed by atoms with E-state index in [2.05, 4.69) is 4.74 Å². The summed E-state index contributed by atoms with van der Waals surface area (Å²) in [5, 5.41) is 8.78. The highest BCUT2D eigenvalue weighted by Gasteiger charge is 2.17. The van der Waals surface area contributed by atoms with Crippen molar-refractivity contribution in [2.45, 2.75) is 20.5 Å². The lowest BCUT2D eigenvalue weighted by Crippen LogP contribution is -2.10. The van der Waals surface area contributed by atoms with Crippen LogP contribution in [0.5, 0.6) is 5.75 Å². The highest BCUT2D eigenvalue weighted by atomic mass is 19.3. The molecule has 0 radical (unpaired) electrons. The van der Waals surface area contributed by atoms with Crippen molar-refractivity contribution in [3.05, 3.63) is 28.8 Å². The first-order chi connectivity index (χ1) is 8.49. The average molecular weight is 255 g/mol. The third-order valence-corrected chi connectivity index (χ3v) is 2.20. The molecule has 96 valence electrons. The normalized spacial score (nSPS) is 10.0. The molecule has 0 amide bonds. The number of alkyl halides is 2. The van der Waals surface area contributed by atoms with Crippen LogP contribution in [0.25, 0.3) is 0 Å². The van der Waals surface area contributed by atoms with Gasteiger partial charge in [-0.15, -0.1) is 0 Å². The van der Waals surface area contributed by atoms with Crippen molar-refractivity contribution in [3.63, 3.8) is 0 Å². The molecule has 0 bridgehead atoms. The Balaban J connectivity index is 3.25. The first-order valence-electron chi connectivity index (χ1n) is 5.16. The fraction of sp³-hybridized carbons (Fsp3) is 0.333. The van der Waals surface area contributed by atoms with E-state index in [4.69, 9.17) is 10.00 Å². The highest BCUT2D eigenvalue weighted by molar-refractivity contribution is 5.92. The van der Waals surface area contributed by atoms with E-state index in [9.17, 15) is 13.6 Å². The van der Waals surface area contributed by atoms with Crippen LogP contribution in [-0.4, -0.2) is 19.2 Å². The number of nitrogens with zero attached hydrogens (tertiary/aromatic N) is 1. The van der Waals surface area contributed by atoms with E-state index in [-0.39, 0.29) is 29.0 Å². The molecule has 0 saturated heterocycles. The smallest absolute Gasteiger partial charge is 0.387 e. The van der Waals surface area contributed by atoms with Crippen molar-refractivity contribution in [3.8, 4) is 11.8 Å². The predicted molar refractivity (Wildman–Crippen MR) is 58.5 cm³/mol. The van der Waals surface area contributed by atoms with Gasteiger partial charge in [0, 0.05) is 5.56 Å². The van der Waals surface area contributed by atoms with Gasteiger partial charge in [-0.1, -0.05) is 0 Å². The van der Waals surface area contributed by atoms with Gasteiger partial charge in [-0.2, -0.15) is 14.0 Å². The van der Waals surface area contributed by atoms with Crippen molar-refractivity contribution in [2.75, 3.05) is 6.61 Å². The lowest BCUT2D eigenvalue weighted by molar-refractivity contribution is -0.0504. The zero-order chi connectivity index (χ0) is 13.7. The standard InChI is InChI=1S/C12H11F2NO3/c1-3-17-11(16)9-4-8(6-15)5-10(7(9)2)18-12(13)14/h4-5,12H,3H2,1-2H3. The largest absolute Gasteiger partial charge is 0.462 e. The molecular weight excluding hydrogens is 244 g/mol. The number of halogens is 2. The van der Waals surface area contributed by atoms with E-state index >= 15 is 0 Å². The fourth-order valence-corrected chi connectivity index (χ4v) is 1.39. The van der Waals surface area contributed by atoms with Gasteiger partial charge in [0.25, 0.3) is 0 Å². The number of hydrogen-bond acceptors (Lipinski definition) is 4. The molecule has 0 spiro atoms. The molecule has 18 heavy (non-hydrogen) atoms. The second-order valence-corrected chi connectivity index (χ2v) is 3.36. The molecule has 1 aromatic rings. The summed E-state index contributed by atoms with van der Waals surface area (Å²) in [6.45, 7) is 0.205. The van der Waals surface area contributed by atoms with Gasteiger partial charge in [-0.25, -0.2) is 4.79 Å². The van der Waals surface area contributed by atoms with Crippen LogP contribution in [0.4, 0.5) is 8.78 Å². The summed E-state index contributed by atoms with van der Waals surface area (Å²) < 4.78 is 33.4. The Labute approximate surface area is 103 Å². The van der Waals surface area contributed by atoms with Crippen LogP contribution in [0, 0.1) is 18.3 Å². The molecule has 0 aromatic heterocycles. The van der Waals surface area contributed by atoms with Gasteiger partial charge in [0.2, 0.25) is 0 Å². The van der Waals surface area contributed by atoms with Crippen LogP contribution in [0.1, 0.15) is 28.4 Å². The van der Waals surface area contributed by atoms with Crippen molar-refractivity contribution >= 4 is 5.97 Å². The van der Waals surface area contributed by atoms with E-state index in [1.54, 1.807) is 13.0 Å². The second kappa shape index (κ2) is 5.96. The number of ether oxygens (including phenoxy) is 2. The Bertz CT molecular complexity index is 495. The second-order valence-electron chi connectivity index (χ2n) is 3.36. The van der Waals surface area contributed by atoms with Crippen LogP contribution in [-0.2, 0) is 4.74 Å². The molecule has 0 heterocycles. The van der Waals surface area contributed by atoms with Crippen LogP contribution in [0.15, 0.2) is 12.1 Å². The van der Waals surface area contributed by atoms with E-state index in [0.29, 0.717) is 0 Å². The van der Waals surface area contributed by atoms with Gasteiger partial charge in [0.15, 0.2) is 0 Å². The van der Waals surface area contributed by atoms with E-state index < -0.39 is 12.6 Å². The van der Waals surface area contributed by atoms with Crippen LogP contribution in [0.2, 0.25) is 0 Å². The quantitative estimate of drug-likeness (QED) is 0.776. The van der Waals surface area contributed by atoms with Gasteiger partial charge < -0.3 is 9.47 Å². The maximum atomic E-state index is 12.2. The highest BCUT2D eigenvalue weighted by Crippen LogP contribution is 2.26. The fourth-order valence-electron chi connectivity index (χ4n) is 1.39. The number of carbonyl (C=O) groups is 1. The zero-order valence-corrected chi connectivity index (χ0v) is 9.87. The van der Waals surface area contributed by atoms with Crippen LogP contribution < -0.4 is 4.74 Å². The first-order valence-corrected chi connectivity index (χ1v) is 5.16. The minimum atomic E-state index is -3.02. The third-order valence-electron chi connectivity index (χ3n) is 2.20. The molecule has 1 aromatic carbocycles. The number of rotatable bonds is 4. The minimum Gasteiger partial charge on any atom is -0.462 e. The van der Waals surface area contributed by atoms with Gasteiger partial charge >= 0.3 is 12.6 Å². The molecule has 0 aliphatic heterocycles. The Morgan fingerprint density at radius 1 is 1.50 bits per heavy atom. The van der Waals surface area contributed by atoms with Gasteiger partial charge in [0.1, 0.15) is 5.75 Å². The molecule has 0 N–H and O–H groups in total. The summed E-state index contributed by atoms with van der Waals surface area (Å²) in [5.74, 6) is -0.877. The summed E-state index contributed by atoms with van der Waals surface area (Å²) in [6.07, 6.45) is 0. The van der Waals surface area contributed by atoms with Crippen molar-refractivity contribution in [1.29, 1.82) is 5.26 Å². The van der Waals surface area contributed by atoms with E-state index in [0.717, 1.165) is 6.07 Å². The molecule has 0 aliphatic carbocycles. The molecule has 0 saturated carbocycles. The number of benzene rings is 1. The summed E-state index contributed by atoms with van der Waals surface area (Å²) in [4.78, 5) is 11.6. The number of hydrogen-bond donors (Lipinski definition) is 0. The predicted octanol–water partition coefficient (Wildman–Crippen LogP) is 2.64. The molecule has 0 aliphatic rings. The summed E-state index contributed by atoms with van der Waals surface area (Å²) in [7, 11) is 0. The van der Waals surface area contributed by atoms with Gasteiger partial charge in [-0.3, -0.25) is 0 Å². The van der Waals surface area contributed by atoms with Crippen molar-refractivity contribution in [1.82, 2.24) is 0 Å². The lowest BCUT2D eigenvalue weighted by Gasteiger charge is -2.12. The van der Waals surface area contributed by atoms with E-state index in [1.165, 1.54) is 13.0 Å². The van der Waals surface area contributed by atoms with Gasteiger partial charge in [-0.05, 0) is 26.0 Å². The molecule has 0 unspecified atom stereocenters.